The van der Waals surface area contributed by atoms with Gasteiger partial charge in [-0.2, -0.15) is 0 Å². The summed E-state index contributed by atoms with van der Waals surface area (Å²) < 4.78 is 50.8. The fraction of sp³-hybridized carbons (Fsp3) is 0.500. The molecule has 1 atom stereocenters. The van der Waals surface area contributed by atoms with Gasteiger partial charge in [0.1, 0.15) is 4.90 Å². The molecule has 8 nitrogen and oxygen atoms in total. The number of anilines is 1. The van der Waals surface area contributed by atoms with Gasteiger partial charge in [0.15, 0.2) is 15.7 Å². The van der Waals surface area contributed by atoms with E-state index >= 15 is 0 Å². The first-order valence-corrected chi connectivity index (χ1v) is 10.2. The Labute approximate surface area is 131 Å². The number of rotatable bonds is 4. The van der Waals surface area contributed by atoms with Crippen LogP contribution < -0.4 is 16.0 Å². The lowest BCUT2D eigenvalue weighted by Crippen LogP contribution is -2.43. The van der Waals surface area contributed by atoms with Crippen molar-refractivity contribution in [2.24, 2.45) is 5.84 Å². The number of halogens is 1. The first kappa shape index (κ1) is 16.6. The Hall–Kier alpha value is -0.750. The van der Waals surface area contributed by atoms with Gasteiger partial charge >= 0.3 is 0 Å². The minimum Gasteiger partial charge on any atom is -0.307 e. The molecule has 0 aliphatic carbocycles. The molecular formula is C10H15BrN4O4S2. The number of pyridine rings is 1. The number of hydrogen-bond donors (Lipinski definition) is 3. The van der Waals surface area contributed by atoms with Gasteiger partial charge in [0.25, 0.3) is 0 Å². The number of hydrogen-bond acceptors (Lipinski definition) is 7. The average molecular weight is 399 g/mol. The van der Waals surface area contributed by atoms with Crippen molar-refractivity contribution in [3.63, 3.8) is 0 Å². The van der Waals surface area contributed by atoms with Crippen LogP contribution in [0.1, 0.15) is 12.8 Å². The second-order valence-corrected chi connectivity index (χ2v) is 9.55. The minimum absolute atomic E-state index is 0.00985. The fourth-order valence-electron chi connectivity index (χ4n) is 2.13. The molecule has 2 heterocycles. The van der Waals surface area contributed by atoms with Gasteiger partial charge in [-0.3, -0.25) is 0 Å². The van der Waals surface area contributed by atoms with Gasteiger partial charge in [0.2, 0.25) is 10.0 Å². The third-order valence-electron chi connectivity index (χ3n) is 3.03. The van der Waals surface area contributed by atoms with E-state index in [-0.39, 0.29) is 22.2 Å². The summed E-state index contributed by atoms with van der Waals surface area (Å²) in [5.74, 6) is 5.15. The van der Waals surface area contributed by atoms with E-state index in [4.69, 9.17) is 5.84 Å². The lowest BCUT2D eigenvalue weighted by Gasteiger charge is -2.23. The molecule has 0 saturated carbocycles. The second kappa shape index (κ2) is 6.16. The molecule has 1 fully saturated rings. The summed E-state index contributed by atoms with van der Waals surface area (Å²) in [7, 11) is -7.13. The van der Waals surface area contributed by atoms with Crippen LogP contribution in [-0.4, -0.2) is 39.4 Å². The lowest BCUT2D eigenvalue weighted by molar-refractivity contribution is 0.517. The highest BCUT2D eigenvalue weighted by Crippen LogP contribution is 2.23. The summed E-state index contributed by atoms with van der Waals surface area (Å²) in [4.78, 5) is 3.73. The second-order valence-electron chi connectivity index (χ2n) is 4.72. The molecule has 1 aliphatic rings. The van der Waals surface area contributed by atoms with Crippen LogP contribution in [0.3, 0.4) is 0 Å². The van der Waals surface area contributed by atoms with Crippen LogP contribution >= 0.6 is 15.9 Å². The molecule has 0 radical (unpaired) electrons. The third kappa shape index (κ3) is 4.13. The summed E-state index contributed by atoms with van der Waals surface area (Å²) in [6.07, 6.45) is 2.32. The van der Waals surface area contributed by atoms with Gasteiger partial charge in [-0.05, 0) is 34.8 Å². The number of nitrogens with one attached hydrogen (secondary N) is 2. The molecule has 1 aromatic rings. The van der Waals surface area contributed by atoms with E-state index in [0.717, 1.165) is 0 Å². The van der Waals surface area contributed by atoms with Crippen LogP contribution in [0.25, 0.3) is 0 Å². The van der Waals surface area contributed by atoms with Crippen molar-refractivity contribution in [1.29, 1.82) is 0 Å². The standard InChI is InChI=1S/C10H15BrN4O4S2/c11-7-4-9(10(14-12)13-5-7)21(18,19)15-8-2-1-3-20(16,17)6-8/h4-5,8,15H,1-3,6,12H2,(H,13,14). The highest BCUT2D eigenvalue weighted by atomic mass is 79.9. The van der Waals surface area contributed by atoms with E-state index in [1.807, 2.05) is 0 Å². The largest absolute Gasteiger partial charge is 0.307 e. The average Bonchev–Trinajstić information content (AvgIpc) is 2.37. The maximum absolute atomic E-state index is 12.4. The molecule has 1 unspecified atom stereocenters. The van der Waals surface area contributed by atoms with Gasteiger partial charge in [0.05, 0.1) is 11.5 Å². The predicted molar refractivity (Wildman–Crippen MR) is 81.7 cm³/mol. The van der Waals surface area contributed by atoms with Crippen molar-refractivity contribution < 1.29 is 16.8 Å². The zero-order valence-electron chi connectivity index (χ0n) is 10.9. The van der Waals surface area contributed by atoms with Gasteiger partial charge in [-0.25, -0.2) is 32.4 Å². The maximum Gasteiger partial charge on any atom is 0.244 e. The van der Waals surface area contributed by atoms with Gasteiger partial charge in [-0.1, -0.05) is 0 Å². The van der Waals surface area contributed by atoms with Crippen LogP contribution in [-0.2, 0) is 19.9 Å². The highest BCUT2D eigenvalue weighted by Gasteiger charge is 2.30. The Kier molecular flexibility index (Phi) is 4.88. The molecule has 0 spiro atoms. The van der Waals surface area contributed by atoms with Crippen LogP contribution in [0.15, 0.2) is 21.6 Å². The SMILES string of the molecule is NNc1ncc(Br)cc1S(=O)(=O)NC1CCCS(=O)(=O)C1. The first-order chi connectivity index (χ1) is 9.73. The number of sulfonamides is 1. The molecule has 1 aliphatic heterocycles. The minimum atomic E-state index is -3.92. The Morgan fingerprint density at radius 1 is 1.43 bits per heavy atom. The van der Waals surface area contributed by atoms with Crippen LogP contribution in [0, 0.1) is 0 Å². The molecule has 0 aromatic carbocycles. The molecule has 11 heteroatoms. The van der Waals surface area contributed by atoms with Gasteiger partial charge in [-0.15, -0.1) is 0 Å². The number of hydrazine groups is 1. The zero-order valence-corrected chi connectivity index (χ0v) is 14.1. The van der Waals surface area contributed by atoms with E-state index in [2.05, 4.69) is 31.1 Å². The monoisotopic (exact) mass is 398 g/mol. The van der Waals surface area contributed by atoms with E-state index in [1.54, 1.807) is 0 Å². The van der Waals surface area contributed by atoms with Crippen molar-refractivity contribution in [3.8, 4) is 0 Å². The van der Waals surface area contributed by atoms with E-state index < -0.39 is 25.9 Å². The Morgan fingerprint density at radius 2 is 2.14 bits per heavy atom. The lowest BCUT2D eigenvalue weighted by atomic mass is 10.2. The maximum atomic E-state index is 12.4. The number of nitrogen functional groups attached to an aromatic ring is 1. The molecule has 21 heavy (non-hydrogen) atoms. The molecular weight excluding hydrogens is 384 g/mol. The van der Waals surface area contributed by atoms with E-state index in [1.165, 1.54) is 12.3 Å². The number of sulfone groups is 1. The molecule has 2 rings (SSSR count). The molecule has 4 N–H and O–H groups in total. The smallest absolute Gasteiger partial charge is 0.244 e. The summed E-state index contributed by atoms with van der Waals surface area (Å²) in [5.41, 5.74) is 2.21. The zero-order chi connectivity index (χ0) is 15.7. The summed E-state index contributed by atoms with van der Waals surface area (Å²) in [5, 5.41) is 0. The van der Waals surface area contributed by atoms with Crippen molar-refractivity contribution in [1.82, 2.24) is 9.71 Å². The Bertz CT molecular complexity index is 735. The summed E-state index contributed by atoms with van der Waals surface area (Å²) in [6.45, 7) is 0. The van der Waals surface area contributed by atoms with Crippen LogP contribution in [0.5, 0.6) is 0 Å². The number of nitrogens with zero attached hydrogens (tertiary/aromatic N) is 1. The molecule has 0 bridgehead atoms. The first-order valence-electron chi connectivity index (χ1n) is 6.08. The normalized spacial score (nSPS) is 21.9. The molecule has 0 amide bonds. The number of nitrogens with two attached hydrogens (primary N) is 1. The quantitative estimate of drug-likeness (QED) is 0.479. The molecule has 1 saturated heterocycles. The van der Waals surface area contributed by atoms with E-state index in [0.29, 0.717) is 17.3 Å². The van der Waals surface area contributed by atoms with Gasteiger partial charge in [0, 0.05) is 16.7 Å². The van der Waals surface area contributed by atoms with E-state index in [9.17, 15) is 16.8 Å². The van der Waals surface area contributed by atoms with Crippen molar-refractivity contribution >= 4 is 41.6 Å². The topological polar surface area (TPSA) is 131 Å². The molecule has 118 valence electrons. The summed E-state index contributed by atoms with van der Waals surface area (Å²) in [6, 6.07) is 0.709. The van der Waals surface area contributed by atoms with Crippen molar-refractivity contribution in [2.75, 3.05) is 16.9 Å². The van der Waals surface area contributed by atoms with Crippen LogP contribution in [0.2, 0.25) is 0 Å². The Morgan fingerprint density at radius 3 is 2.76 bits per heavy atom. The molecule has 1 aromatic heterocycles. The van der Waals surface area contributed by atoms with Crippen molar-refractivity contribution in [2.45, 2.75) is 23.8 Å². The summed E-state index contributed by atoms with van der Waals surface area (Å²) >= 11 is 3.14. The fourth-order valence-corrected chi connectivity index (χ4v) is 5.77. The Balaban J connectivity index is 2.28. The van der Waals surface area contributed by atoms with Crippen LogP contribution in [0.4, 0.5) is 5.82 Å². The van der Waals surface area contributed by atoms with Gasteiger partial charge < -0.3 is 5.43 Å². The predicted octanol–water partition coefficient (Wildman–Crippen LogP) is -0.0148. The number of aromatic nitrogens is 1. The highest BCUT2D eigenvalue weighted by molar-refractivity contribution is 9.10. The van der Waals surface area contributed by atoms with Crippen molar-refractivity contribution in [3.05, 3.63) is 16.7 Å². The third-order valence-corrected chi connectivity index (χ3v) is 6.82.